The molecule has 0 aliphatic rings. The van der Waals surface area contributed by atoms with Gasteiger partial charge in [-0.2, -0.15) is 0 Å². The van der Waals surface area contributed by atoms with E-state index in [9.17, 15) is 18.4 Å². The molecule has 5 nitrogen and oxygen atoms in total. The van der Waals surface area contributed by atoms with E-state index < -0.39 is 30.1 Å². The molecule has 0 bridgehead atoms. The van der Waals surface area contributed by atoms with Crippen LogP contribution in [0.25, 0.3) is 6.08 Å². The van der Waals surface area contributed by atoms with E-state index in [1.54, 1.807) is 12.1 Å². The lowest BCUT2D eigenvalue weighted by molar-refractivity contribution is -0.142. The van der Waals surface area contributed by atoms with Crippen molar-refractivity contribution in [2.24, 2.45) is 0 Å². The van der Waals surface area contributed by atoms with E-state index in [-0.39, 0.29) is 5.69 Å². The molecule has 1 N–H and O–H groups in total. The van der Waals surface area contributed by atoms with Crippen LogP contribution in [0.5, 0.6) is 0 Å². The van der Waals surface area contributed by atoms with Crippen molar-refractivity contribution < 1.29 is 27.5 Å². The molecule has 1 heterocycles. The molecule has 0 saturated heterocycles. The zero-order valence-electron chi connectivity index (χ0n) is 11.5. The topological polar surface area (TPSA) is 68.5 Å². The second kappa shape index (κ2) is 7.86. The summed E-state index contributed by atoms with van der Waals surface area (Å²) in [6.07, 6.45) is 2.51. The van der Waals surface area contributed by atoms with Crippen molar-refractivity contribution in [1.29, 1.82) is 0 Å². The molecule has 8 heteroatoms. The van der Waals surface area contributed by atoms with Crippen LogP contribution in [0.1, 0.15) is 5.76 Å². The number of halogens is 3. The van der Waals surface area contributed by atoms with Gasteiger partial charge in [0.15, 0.2) is 22.0 Å². The summed E-state index contributed by atoms with van der Waals surface area (Å²) in [5.74, 6) is -3.05. The highest BCUT2D eigenvalue weighted by Gasteiger charge is 2.08. The van der Waals surface area contributed by atoms with Crippen molar-refractivity contribution in [2.45, 2.75) is 0 Å². The maximum Gasteiger partial charge on any atom is 0.331 e. The molecule has 1 aromatic heterocycles. The Morgan fingerprint density at radius 1 is 1.22 bits per heavy atom. The normalized spacial score (nSPS) is 10.7. The summed E-state index contributed by atoms with van der Waals surface area (Å²) in [5, 5.41) is 2.28. The average molecular weight is 433 g/mol. The molecule has 0 fully saturated rings. The molecule has 0 atom stereocenters. The van der Waals surface area contributed by atoms with Gasteiger partial charge in [-0.1, -0.05) is 0 Å². The standard InChI is InChI=1S/C15H10F2INO4/c16-11-4-1-9(7-12(11)17)19-14(20)8-22-15(21)6-3-10-2-5-13(18)23-10/h1-7H,8H2,(H,19,20)/b6-3+. The number of ether oxygens (including phenoxy) is 1. The molecule has 23 heavy (non-hydrogen) atoms. The molecule has 1 aromatic carbocycles. The number of anilines is 1. The second-order valence-electron chi connectivity index (χ2n) is 4.26. The predicted molar refractivity (Wildman–Crippen MR) is 86.4 cm³/mol. The summed E-state index contributed by atoms with van der Waals surface area (Å²) in [5.41, 5.74) is 0.0608. The zero-order chi connectivity index (χ0) is 16.8. The van der Waals surface area contributed by atoms with E-state index in [1.807, 2.05) is 22.6 Å². The highest BCUT2D eigenvalue weighted by Crippen LogP contribution is 2.13. The fourth-order valence-corrected chi connectivity index (χ4v) is 1.96. The van der Waals surface area contributed by atoms with Crippen LogP contribution in [0.4, 0.5) is 14.5 Å². The van der Waals surface area contributed by atoms with Crippen molar-refractivity contribution in [3.63, 3.8) is 0 Å². The van der Waals surface area contributed by atoms with Crippen LogP contribution in [0, 0.1) is 15.4 Å². The second-order valence-corrected chi connectivity index (χ2v) is 5.32. The third-order valence-corrected chi connectivity index (χ3v) is 3.11. The van der Waals surface area contributed by atoms with Crippen molar-refractivity contribution in [3.05, 3.63) is 57.6 Å². The van der Waals surface area contributed by atoms with Gasteiger partial charge in [-0.3, -0.25) is 4.79 Å². The van der Waals surface area contributed by atoms with Crippen LogP contribution in [-0.4, -0.2) is 18.5 Å². The molecule has 0 unspecified atom stereocenters. The quantitative estimate of drug-likeness (QED) is 0.446. The lowest BCUT2D eigenvalue weighted by Gasteiger charge is -2.05. The first-order valence-electron chi connectivity index (χ1n) is 6.29. The number of rotatable bonds is 5. The Kier molecular flexibility index (Phi) is 5.85. The van der Waals surface area contributed by atoms with E-state index in [2.05, 4.69) is 5.32 Å². The van der Waals surface area contributed by atoms with Gasteiger partial charge in [0.1, 0.15) is 5.76 Å². The number of carbonyl (C=O) groups excluding carboxylic acids is 2. The highest BCUT2D eigenvalue weighted by molar-refractivity contribution is 14.1. The van der Waals surface area contributed by atoms with Gasteiger partial charge >= 0.3 is 5.97 Å². The summed E-state index contributed by atoms with van der Waals surface area (Å²) in [7, 11) is 0. The van der Waals surface area contributed by atoms with E-state index in [4.69, 9.17) is 9.15 Å². The zero-order valence-corrected chi connectivity index (χ0v) is 13.7. The van der Waals surface area contributed by atoms with Gasteiger partial charge in [-0.15, -0.1) is 0 Å². The van der Waals surface area contributed by atoms with E-state index >= 15 is 0 Å². The molecular weight excluding hydrogens is 423 g/mol. The van der Waals surface area contributed by atoms with Crippen LogP contribution >= 0.6 is 22.6 Å². The lowest BCUT2D eigenvalue weighted by atomic mass is 10.3. The summed E-state index contributed by atoms with van der Waals surface area (Å²) in [4.78, 5) is 23.0. The van der Waals surface area contributed by atoms with Crippen LogP contribution in [0.3, 0.4) is 0 Å². The summed E-state index contributed by atoms with van der Waals surface area (Å²) in [6.45, 7) is -0.558. The maximum atomic E-state index is 13.0. The number of carbonyl (C=O) groups is 2. The summed E-state index contributed by atoms with van der Waals surface area (Å²) in [6, 6.07) is 6.29. The third-order valence-electron chi connectivity index (χ3n) is 2.53. The van der Waals surface area contributed by atoms with Crippen molar-refractivity contribution in [1.82, 2.24) is 0 Å². The number of hydrogen-bond donors (Lipinski definition) is 1. The van der Waals surface area contributed by atoms with E-state index in [0.29, 0.717) is 9.53 Å². The maximum absolute atomic E-state index is 13.0. The SMILES string of the molecule is O=C(COC(=O)/C=C/c1ccc(I)o1)Nc1ccc(F)c(F)c1. The molecule has 2 aromatic rings. The van der Waals surface area contributed by atoms with Gasteiger partial charge in [-0.05, 0) is 52.9 Å². The largest absolute Gasteiger partial charge is 0.452 e. The first-order chi connectivity index (χ1) is 10.9. The van der Waals surface area contributed by atoms with Gasteiger partial charge in [0.2, 0.25) is 0 Å². The van der Waals surface area contributed by atoms with Crippen LogP contribution in [0.15, 0.2) is 40.8 Å². The smallest absolute Gasteiger partial charge is 0.331 e. The fourth-order valence-electron chi connectivity index (χ4n) is 1.52. The van der Waals surface area contributed by atoms with Gasteiger partial charge in [0, 0.05) is 17.8 Å². The molecule has 0 aliphatic heterocycles. The Labute approximate surface area is 143 Å². The number of esters is 1. The molecule has 0 saturated carbocycles. The fraction of sp³-hybridized carbons (Fsp3) is 0.0667. The first kappa shape index (κ1) is 17.1. The molecule has 1 amide bonds. The van der Waals surface area contributed by atoms with Crippen molar-refractivity contribution >= 4 is 46.2 Å². The average Bonchev–Trinajstić information content (AvgIpc) is 2.92. The number of amides is 1. The Hall–Kier alpha value is -2.23. The molecule has 0 aliphatic carbocycles. The monoisotopic (exact) mass is 433 g/mol. The van der Waals surface area contributed by atoms with Crippen LogP contribution < -0.4 is 5.32 Å². The minimum atomic E-state index is -1.09. The highest BCUT2D eigenvalue weighted by atomic mass is 127. The molecule has 2 rings (SSSR count). The van der Waals surface area contributed by atoms with Crippen molar-refractivity contribution in [2.75, 3.05) is 11.9 Å². The molecular formula is C15H10F2INO4. The van der Waals surface area contributed by atoms with Gasteiger partial charge in [-0.25, -0.2) is 13.6 Å². The number of furan rings is 1. The lowest BCUT2D eigenvalue weighted by Crippen LogP contribution is -2.20. The molecule has 0 radical (unpaired) electrons. The Morgan fingerprint density at radius 2 is 2.00 bits per heavy atom. The predicted octanol–water partition coefficient (Wildman–Crippen LogP) is 3.36. The minimum absolute atomic E-state index is 0.0608. The summed E-state index contributed by atoms with van der Waals surface area (Å²) < 4.78 is 36.3. The van der Waals surface area contributed by atoms with Gasteiger partial charge < -0.3 is 14.5 Å². The number of benzene rings is 1. The van der Waals surface area contributed by atoms with Crippen molar-refractivity contribution in [3.8, 4) is 0 Å². The van der Waals surface area contributed by atoms with E-state index in [1.165, 1.54) is 12.1 Å². The summed E-state index contributed by atoms with van der Waals surface area (Å²) >= 11 is 1.98. The molecule has 120 valence electrons. The third kappa shape index (κ3) is 5.47. The Balaban J connectivity index is 1.80. The van der Waals surface area contributed by atoms with E-state index in [0.717, 1.165) is 18.2 Å². The first-order valence-corrected chi connectivity index (χ1v) is 7.37. The minimum Gasteiger partial charge on any atom is -0.452 e. The number of nitrogens with one attached hydrogen (secondary N) is 1. The van der Waals surface area contributed by atoms with Gasteiger partial charge in [0.05, 0.1) is 0 Å². The Bertz CT molecular complexity index is 758. The molecule has 0 spiro atoms. The van der Waals surface area contributed by atoms with Crippen LogP contribution in [-0.2, 0) is 14.3 Å². The Morgan fingerprint density at radius 3 is 2.65 bits per heavy atom. The van der Waals surface area contributed by atoms with Gasteiger partial charge in [0.25, 0.3) is 5.91 Å². The van der Waals surface area contributed by atoms with Crippen LogP contribution in [0.2, 0.25) is 0 Å². The number of hydrogen-bond acceptors (Lipinski definition) is 4.